The Morgan fingerprint density at radius 1 is 0.979 bits per heavy atom. The molecule has 0 atom stereocenters. The summed E-state index contributed by atoms with van der Waals surface area (Å²) in [7, 11) is 0. The van der Waals surface area contributed by atoms with Crippen molar-refractivity contribution in [1.82, 2.24) is 0 Å². The Kier molecular flexibility index (Phi) is 34.2. The zero-order valence-corrected chi connectivity index (χ0v) is 37.0. The van der Waals surface area contributed by atoms with Crippen LogP contribution >= 0.6 is 0 Å². The average molecular weight is 692 g/mol. The molecule has 1 fully saturated rings. The molecule has 0 spiro atoms. The minimum atomic E-state index is -0.323. The minimum absolute atomic E-state index is 0. The molecular weight excluding hydrogens is 641 g/mol. The summed E-state index contributed by atoms with van der Waals surface area (Å²) in [5.41, 5.74) is 5.87. The largest absolute Gasteiger partial charge is 1.00 e. The molecule has 6 heteroatoms. The Morgan fingerprint density at radius 3 is 1.89 bits per heavy atom. The number of benzene rings is 3. The minimum Gasteiger partial charge on any atom is -0.542 e. The molecule has 1 saturated carbocycles. The summed E-state index contributed by atoms with van der Waals surface area (Å²) in [5, 5.41) is 0. The number of hydrogen-bond acceptors (Lipinski definition) is 2. The van der Waals surface area contributed by atoms with Crippen LogP contribution in [-0.2, 0) is 22.4 Å². The second kappa shape index (κ2) is 30.2. The Bertz CT molecular complexity index is 1370. The number of aryl methyl sites for hydroxylation is 2. The molecule has 0 amide bonds. The maximum absolute atomic E-state index is 15.2. The van der Waals surface area contributed by atoms with Crippen LogP contribution in [0.1, 0.15) is 84.4 Å². The SMILES string of the molecule is C=CC1(CC)CC1.C=[C-]/C([C-]=O)=C/C.CC.CCc1cc(-c2cccc(-c3ccc[c-]c3C)c2F)cc(F)c1CC.C[C-]=O.[CH3-].[K+].[K+]. The van der Waals surface area contributed by atoms with E-state index in [0.717, 1.165) is 28.7 Å². The maximum atomic E-state index is 15.2. The van der Waals surface area contributed by atoms with Gasteiger partial charge in [0.15, 0.2) is 0 Å². The summed E-state index contributed by atoms with van der Waals surface area (Å²) in [6.45, 7) is 22.1. The van der Waals surface area contributed by atoms with E-state index in [1.54, 1.807) is 31.4 Å². The van der Waals surface area contributed by atoms with Crippen molar-refractivity contribution in [2.75, 3.05) is 0 Å². The predicted molar refractivity (Wildman–Crippen MR) is 189 cm³/mol. The zero-order chi connectivity index (χ0) is 33.7. The first-order chi connectivity index (χ1) is 21.2. The summed E-state index contributed by atoms with van der Waals surface area (Å²) >= 11 is 0. The first kappa shape index (κ1) is 53.2. The van der Waals surface area contributed by atoms with Gasteiger partial charge >= 0.3 is 103 Å². The van der Waals surface area contributed by atoms with E-state index in [2.05, 4.69) is 38.3 Å². The fourth-order valence-corrected chi connectivity index (χ4v) is 4.39. The number of rotatable bonds is 8. The summed E-state index contributed by atoms with van der Waals surface area (Å²) in [6.07, 6.45) is 14.6. The molecule has 47 heavy (non-hydrogen) atoms. The van der Waals surface area contributed by atoms with Gasteiger partial charge in [0.1, 0.15) is 11.6 Å². The molecule has 0 bridgehead atoms. The van der Waals surface area contributed by atoms with E-state index >= 15 is 4.39 Å². The topological polar surface area (TPSA) is 34.1 Å². The van der Waals surface area contributed by atoms with E-state index in [1.807, 2.05) is 65.0 Å². The Labute approximate surface area is 370 Å². The van der Waals surface area contributed by atoms with Gasteiger partial charge in [0.05, 0.1) is 0 Å². The van der Waals surface area contributed by atoms with Crippen LogP contribution in [0.25, 0.3) is 22.3 Å². The van der Waals surface area contributed by atoms with Gasteiger partial charge in [0.25, 0.3) is 0 Å². The third-order valence-corrected chi connectivity index (χ3v) is 7.30. The van der Waals surface area contributed by atoms with Crippen LogP contribution in [0.3, 0.4) is 0 Å². The number of carbonyl (C=O) groups excluding carboxylic acids is 2. The summed E-state index contributed by atoms with van der Waals surface area (Å²) in [5.74, 6) is -0.582. The summed E-state index contributed by atoms with van der Waals surface area (Å²) < 4.78 is 29.7. The summed E-state index contributed by atoms with van der Waals surface area (Å²) in [6, 6.07) is 17.3. The molecule has 3 aromatic carbocycles. The van der Waals surface area contributed by atoms with Gasteiger partial charge in [0, 0.05) is 5.56 Å². The molecule has 1 aliphatic carbocycles. The molecule has 0 radical (unpaired) electrons. The van der Waals surface area contributed by atoms with Gasteiger partial charge in [-0.1, -0.05) is 71.9 Å². The molecule has 0 unspecified atom stereocenters. The van der Waals surface area contributed by atoms with Crippen molar-refractivity contribution in [3.8, 4) is 22.3 Å². The molecular formula is C41H51F2K2O2-3. The Morgan fingerprint density at radius 2 is 1.53 bits per heavy atom. The van der Waals surface area contributed by atoms with Crippen LogP contribution in [0.5, 0.6) is 0 Å². The molecule has 0 N–H and O–H groups in total. The van der Waals surface area contributed by atoms with Gasteiger partial charge in [-0.05, 0) is 65.8 Å². The number of hydrogen-bond donors (Lipinski definition) is 0. The van der Waals surface area contributed by atoms with Crippen molar-refractivity contribution in [2.45, 2.75) is 87.5 Å². The smallest absolute Gasteiger partial charge is 0.542 e. The normalized spacial score (nSPS) is 11.4. The van der Waals surface area contributed by atoms with E-state index in [4.69, 9.17) is 4.79 Å². The zero-order valence-electron chi connectivity index (χ0n) is 30.8. The first-order valence-corrected chi connectivity index (χ1v) is 15.2. The number of halogens is 2. The van der Waals surface area contributed by atoms with Gasteiger partial charge in [-0.3, -0.25) is 6.29 Å². The number of allylic oxidation sites excluding steroid dienone is 4. The first-order valence-electron chi connectivity index (χ1n) is 15.2. The Hall–Kier alpha value is -0.647. The van der Waals surface area contributed by atoms with Gasteiger partial charge < -0.3 is 34.7 Å². The monoisotopic (exact) mass is 691 g/mol. The molecule has 2 nitrogen and oxygen atoms in total. The van der Waals surface area contributed by atoms with Crippen LogP contribution in [0.15, 0.2) is 79.4 Å². The molecule has 1 aliphatic rings. The van der Waals surface area contributed by atoms with Crippen molar-refractivity contribution in [1.29, 1.82) is 0 Å². The van der Waals surface area contributed by atoms with E-state index < -0.39 is 0 Å². The standard InChI is InChI=1S/C23H21F2.C7H12.C6H6O.C2H3O.C2H6.CH3.2K/c1-4-16-13-17(14-22(24)18(16)5-2)20-11-8-12-21(23(20)25)19-10-7-6-9-15(19)3;1-3-7(4-2)5-6-7;1-3-6(4-2)5-7;1-2-3;1-2;;;/h6-8,10-14H,4-5H2,1-3H3;3H,1,4-6H2,2H3;4H,1H2,2H3;1H3;1-2H3;1H3;;/q-1;;-2;-1;;-1;2*+1/b;;6-4-;;;;;. The molecule has 0 heterocycles. The third kappa shape index (κ3) is 17.7. The molecule has 4 rings (SSSR count). The molecule has 0 aliphatic heterocycles. The summed E-state index contributed by atoms with van der Waals surface area (Å²) in [4.78, 5) is 18.4. The van der Waals surface area contributed by atoms with Crippen molar-refractivity contribution in [3.05, 3.63) is 127 Å². The Balaban J connectivity index is -0.000000348. The van der Waals surface area contributed by atoms with Crippen molar-refractivity contribution in [3.63, 3.8) is 0 Å². The van der Waals surface area contributed by atoms with Gasteiger partial charge in [-0.2, -0.15) is 36.8 Å². The fourth-order valence-electron chi connectivity index (χ4n) is 4.39. The second-order valence-corrected chi connectivity index (χ2v) is 9.78. The van der Waals surface area contributed by atoms with Crippen LogP contribution < -0.4 is 103 Å². The van der Waals surface area contributed by atoms with E-state index in [-0.39, 0.29) is 122 Å². The fraction of sp³-hybridized carbons (Fsp3) is 0.341. The van der Waals surface area contributed by atoms with Crippen LogP contribution in [0, 0.1) is 43.5 Å². The third-order valence-electron chi connectivity index (χ3n) is 7.30. The van der Waals surface area contributed by atoms with Gasteiger partial charge in [-0.15, -0.1) is 25.4 Å². The van der Waals surface area contributed by atoms with E-state index in [1.165, 1.54) is 38.5 Å². The second-order valence-electron chi connectivity index (χ2n) is 9.78. The van der Waals surface area contributed by atoms with Crippen molar-refractivity contribution < 1.29 is 121 Å². The van der Waals surface area contributed by atoms with E-state index in [0.29, 0.717) is 34.1 Å². The van der Waals surface area contributed by atoms with E-state index in [9.17, 15) is 9.18 Å². The average Bonchev–Trinajstić information content (AvgIpc) is 3.85. The molecule has 0 saturated heterocycles. The predicted octanol–water partition coefficient (Wildman–Crippen LogP) is 5.53. The van der Waals surface area contributed by atoms with Gasteiger partial charge in [0.2, 0.25) is 0 Å². The molecule has 3 aromatic rings. The van der Waals surface area contributed by atoms with Crippen molar-refractivity contribution >= 4 is 12.6 Å². The van der Waals surface area contributed by atoms with Gasteiger partial charge in [-0.25, -0.2) is 15.4 Å². The van der Waals surface area contributed by atoms with Crippen LogP contribution in [-0.4, -0.2) is 12.6 Å². The van der Waals surface area contributed by atoms with Crippen LogP contribution in [0.4, 0.5) is 8.78 Å². The van der Waals surface area contributed by atoms with Crippen molar-refractivity contribution in [2.24, 2.45) is 5.41 Å². The molecule has 0 aromatic heterocycles. The van der Waals surface area contributed by atoms with Crippen LogP contribution in [0.2, 0.25) is 0 Å². The quantitative estimate of drug-likeness (QED) is 0.103. The molecule has 246 valence electrons. The maximum Gasteiger partial charge on any atom is 1.00 e.